The van der Waals surface area contributed by atoms with E-state index in [1.165, 1.54) is 10.6 Å². The van der Waals surface area contributed by atoms with E-state index in [1.807, 2.05) is 42.5 Å². The molecule has 0 radical (unpaired) electrons. The summed E-state index contributed by atoms with van der Waals surface area (Å²) in [6.45, 7) is 0.890. The van der Waals surface area contributed by atoms with E-state index in [9.17, 15) is 13.2 Å². The molecule has 25 heavy (non-hydrogen) atoms. The van der Waals surface area contributed by atoms with Crippen molar-refractivity contribution in [3.63, 3.8) is 0 Å². The van der Waals surface area contributed by atoms with Crippen LogP contribution in [0.1, 0.15) is 18.4 Å². The molecule has 1 amide bonds. The summed E-state index contributed by atoms with van der Waals surface area (Å²) in [5.74, 6) is -0.134. The first kappa shape index (κ1) is 16.3. The van der Waals surface area contributed by atoms with Crippen molar-refractivity contribution in [3.8, 4) is 11.1 Å². The van der Waals surface area contributed by atoms with Crippen molar-refractivity contribution in [2.75, 3.05) is 17.7 Å². The second kappa shape index (κ2) is 5.97. The van der Waals surface area contributed by atoms with Crippen molar-refractivity contribution in [3.05, 3.63) is 54.1 Å². The largest absolute Gasteiger partial charge is 0.306 e. The minimum Gasteiger partial charge on any atom is -0.306 e. The van der Waals surface area contributed by atoms with E-state index in [1.54, 1.807) is 4.90 Å². The molecule has 0 aliphatic carbocycles. The van der Waals surface area contributed by atoms with Crippen LogP contribution in [-0.2, 0) is 21.4 Å². The summed E-state index contributed by atoms with van der Waals surface area (Å²) >= 11 is 0. The van der Waals surface area contributed by atoms with Gasteiger partial charge in [0.2, 0.25) is 15.9 Å². The fourth-order valence-electron chi connectivity index (χ4n) is 3.87. The average Bonchev–Trinajstić information content (AvgIpc) is 3.10. The lowest BCUT2D eigenvalue weighted by Crippen LogP contribution is -2.48. The first-order valence-corrected chi connectivity index (χ1v) is 10.3. The normalized spacial score (nSPS) is 20.2. The number of amides is 1. The quantitative estimate of drug-likeness (QED) is 0.831. The van der Waals surface area contributed by atoms with Gasteiger partial charge < -0.3 is 4.90 Å². The van der Waals surface area contributed by atoms with Crippen molar-refractivity contribution < 1.29 is 13.2 Å². The lowest BCUT2D eigenvalue weighted by Gasteiger charge is -2.34. The van der Waals surface area contributed by atoms with Crippen LogP contribution in [0.3, 0.4) is 0 Å². The SMILES string of the molecule is CS(=O)(=O)N1CCCC1C(=O)N1Cc2ccccc2-c2ccccc21. The number of carbonyl (C=O) groups excluding carboxylic acids is 1. The van der Waals surface area contributed by atoms with Gasteiger partial charge in [0, 0.05) is 12.1 Å². The molecule has 1 fully saturated rings. The molecular weight excluding hydrogens is 336 g/mol. The summed E-state index contributed by atoms with van der Waals surface area (Å²) in [4.78, 5) is 15.0. The molecule has 0 saturated carbocycles. The van der Waals surface area contributed by atoms with E-state index in [0.717, 1.165) is 28.8 Å². The molecule has 0 aromatic heterocycles. The lowest BCUT2D eigenvalue weighted by molar-refractivity contribution is -0.121. The number of anilines is 1. The topological polar surface area (TPSA) is 57.7 Å². The van der Waals surface area contributed by atoms with Crippen LogP contribution >= 0.6 is 0 Å². The van der Waals surface area contributed by atoms with Crippen LogP contribution in [-0.4, -0.2) is 37.5 Å². The van der Waals surface area contributed by atoms with Gasteiger partial charge in [0.25, 0.3) is 0 Å². The van der Waals surface area contributed by atoms with E-state index in [2.05, 4.69) is 6.07 Å². The van der Waals surface area contributed by atoms with E-state index in [-0.39, 0.29) is 5.91 Å². The van der Waals surface area contributed by atoms with Crippen molar-refractivity contribution in [1.82, 2.24) is 4.31 Å². The molecule has 6 heteroatoms. The summed E-state index contributed by atoms with van der Waals surface area (Å²) < 4.78 is 25.4. The van der Waals surface area contributed by atoms with Gasteiger partial charge in [-0.3, -0.25) is 4.79 Å². The van der Waals surface area contributed by atoms with Gasteiger partial charge in [-0.2, -0.15) is 4.31 Å². The smallest absolute Gasteiger partial charge is 0.245 e. The second-order valence-electron chi connectivity index (χ2n) is 6.63. The van der Waals surface area contributed by atoms with E-state index >= 15 is 0 Å². The van der Waals surface area contributed by atoms with Gasteiger partial charge in [-0.1, -0.05) is 42.5 Å². The molecule has 2 heterocycles. The van der Waals surface area contributed by atoms with Crippen LogP contribution in [0.15, 0.2) is 48.5 Å². The number of fused-ring (bicyclic) bond motifs is 3. The van der Waals surface area contributed by atoms with Crippen LogP contribution in [0, 0.1) is 0 Å². The Kier molecular flexibility index (Phi) is 3.89. The van der Waals surface area contributed by atoms with Crippen molar-refractivity contribution in [1.29, 1.82) is 0 Å². The summed E-state index contributed by atoms with van der Waals surface area (Å²) in [5.41, 5.74) is 4.08. The van der Waals surface area contributed by atoms with Gasteiger partial charge in [-0.05, 0) is 30.0 Å². The van der Waals surface area contributed by atoms with Crippen molar-refractivity contribution in [2.45, 2.75) is 25.4 Å². The molecule has 2 aliphatic heterocycles. The number of benzene rings is 2. The molecule has 2 aromatic carbocycles. The number of para-hydroxylation sites is 1. The number of hydrogen-bond acceptors (Lipinski definition) is 3. The molecule has 1 atom stereocenters. The third kappa shape index (κ3) is 2.75. The van der Waals surface area contributed by atoms with Gasteiger partial charge in [-0.15, -0.1) is 0 Å². The van der Waals surface area contributed by atoms with Gasteiger partial charge in [0.05, 0.1) is 18.5 Å². The van der Waals surface area contributed by atoms with Crippen molar-refractivity contribution in [2.24, 2.45) is 0 Å². The highest BCUT2D eigenvalue weighted by Crippen LogP contribution is 2.39. The van der Waals surface area contributed by atoms with Crippen molar-refractivity contribution >= 4 is 21.6 Å². The zero-order valence-electron chi connectivity index (χ0n) is 14.1. The Hall–Kier alpha value is -2.18. The van der Waals surface area contributed by atoms with Gasteiger partial charge in [0.15, 0.2) is 0 Å². The molecule has 1 saturated heterocycles. The first-order chi connectivity index (χ1) is 12.0. The first-order valence-electron chi connectivity index (χ1n) is 8.42. The summed E-state index contributed by atoms with van der Waals surface area (Å²) in [6, 6.07) is 15.3. The molecule has 0 spiro atoms. The van der Waals surface area contributed by atoms with Crippen LogP contribution in [0.2, 0.25) is 0 Å². The third-order valence-corrected chi connectivity index (χ3v) is 6.30. The van der Waals surface area contributed by atoms with Gasteiger partial charge in [0.1, 0.15) is 6.04 Å². The Morgan fingerprint density at radius 3 is 2.48 bits per heavy atom. The highest BCUT2D eigenvalue weighted by atomic mass is 32.2. The molecule has 5 nitrogen and oxygen atoms in total. The van der Waals surface area contributed by atoms with Crippen LogP contribution < -0.4 is 4.90 Å². The Bertz CT molecular complexity index is 939. The van der Waals surface area contributed by atoms with Gasteiger partial charge in [-0.25, -0.2) is 8.42 Å². The fourth-order valence-corrected chi connectivity index (χ4v) is 4.99. The number of hydrogen-bond donors (Lipinski definition) is 0. The Morgan fingerprint density at radius 1 is 1.04 bits per heavy atom. The standard InChI is InChI=1S/C19H20N2O3S/c1-25(23,24)21-12-6-11-18(21)19(22)20-13-14-7-2-3-8-15(14)16-9-4-5-10-17(16)20/h2-5,7-10,18H,6,11-13H2,1H3. The van der Waals surface area contributed by atoms with E-state index in [4.69, 9.17) is 0 Å². The molecule has 4 rings (SSSR count). The van der Waals surface area contributed by atoms with E-state index < -0.39 is 16.1 Å². The predicted octanol–water partition coefficient (Wildman–Crippen LogP) is 2.62. The van der Waals surface area contributed by atoms with Crippen LogP contribution in [0.25, 0.3) is 11.1 Å². The Balaban J connectivity index is 1.75. The fraction of sp³-hybridized carbons (Fsp3) is 0.316. The van der Waals surface area contributed by atoms with E-state index in [0.29, 0.717) is 19.5 Å². The van der Waals surface area contributed by atoms with Crippen LogP contribution in [0.4, 0.5) is 5.69 Å². The molecule has 130 valence electrons. The Labute approximate surface area is 147 Å². The number of rotatable bonds is 2. The van der Waals surface area contributed by atoms with Gasteiger partial charge >= 0.3 is 0 Å². The monoisotopic (exact) mass is 356 g/mol. The average molecular weight is 356 g/mol. The summed E-state index contributed by atoms with van der Waals surface area (Å²) in [7, 11) is -3.39. The third-order valence-electron chi connectivity index (χ3n) is 5.01. The molecule has 2 aromatic rings. The molecule has 0 bridgehead atoms. The number of carbonyl (C=O) groups is 1. The minimum atomic E-state index is -3.39. The lowest BCUT2D eigenvalue weighted by atomic mass is 9.93. The Morgan fingerprint density at radius 2 is 1.72 bits per heavy atom. The van der Waals surface area contributed by atoms with Crippen LogP contribution in [0.5, 0.6) is 0 Å². The predicted molar refractivity (Wildman–Crippen MR) is 97.6 cm³/mol. The molecular formula is C19H20N2O3S. The minimum absolute atomic E-state index is 0.134. The number of nitrogens with zero attached hydrogens (tertiary/aromatic N) is 2. The number of sulfonamides is 1. The summed E-state index contributed by atoms with van der Waals surface area (Å²) in [5, 5.41) is 0. The summed E-state index contributed by atoms with van der Waals surface area (Å²) in [6.07, 6.45) is 2.47. The zero-order valence-corrected chi connectivity index (χ0v) is 14.9. The molecule has 1 unspecified atom stereocenters. The molecule has 2 aliphatic rings. The highest BCUT2D eigenvalue weighted by Gasteiger charge is 2.40. The maximum atomic E-state index is 13.2. The zero-order chi connectivity index (χ0) is 17.6. The maximum Gasteiger partial charge on any atom is 0.245 e. The highest BCUT2D eigenvalue weighted by molar-refractivity contribution is 7.88. The second-order valence-corrected chi connectivity index (χ2v) is 8.57. The molecule has 0 N–H and O–H groups in total. The maximum absolute atomic E-state index is 13.2.